The number of nitrogens with zero attached hydrogens (tertiary/aromatic N) is 2. The first-order valence-corrected chi connectivity index (χ1v) is 9.44. The summed E-state index contributed by atoms with van der Waals surface area (Å²) in [5.74, 6) is 0.997. The van der Waals surface area contributed by atoms with Crippen molar-refractivity contribution in [3.63, 3.8) is 0 Å². The number of likely N-dealkylation sites (tertiary alicyclic amines) is 1. The fraction of sp³-hybridized carbons (Fsp3) is 1.00. The third-order valence-electron chi connectivity index (χ3n) is 6.20. The molecule has 0 aromatic heterocycles. The van der Waals surface area contributed by atoms with Gasteiger partial charge in [0, 0.05) is 18.1 Å². The van der Waals surface area contributed by atoms with Crippen LogP contribution in [0.3, 0.4) is 0 Å². The van der Waals surface area contributed by atoms with Crippen molar-refractivity contribution in [1.29, 1.82) is 0 Å². The summed E-state index contributed by atoms with van der Waals surface area (Å²) in [5.41, 5.74) is 0. The maximum Gasteiger partial charge on any atom is 0.0114 e. The molecule has 1 N–H and O–H groups in total. The summed E-state index contributed by atoms with van der Waals surface area (Å²) >= 11 is 0. The normalized spacial score (nSPS) is 35.4. The van der Waals surface area contributed by atoms with E-state index in [1.165, 1.54) is 77.5 Å². The molecule has 3 heteroatoms. The fourth-order valence-electron chi connectivity index (χ4n) is 4.84. The van der Waals surface area contributed by atoms with Crippen LogP contribution < -0.4 is 5.32 Å². The predicted molar refractivity (Wildman–Crippen MR) is 89.7 cm³/mol. The van der Waals surface area contributed by atoms with Crippen LogP contribution in [0.2, 0.25) is 0 Å². The lowest BCUT2D eigenvalue weighted by Crippen LogP contribution is -2.49. The summed E-state index contributed by atoms with van der Waals surface area (Å²) in [6.45, 7) is 7.50. The van der Waals surface area contributed by atoms with E-state index in [1.807, 2.05) is 0 Å². The molecule has 2 unspecified atom stereocenters. The molecule has 0 saturated carbocycles. The first-order valence-electron chi connectivity index (χ1n) is 9.44. The van der Waals surface area contributed by atoms with Crippen molar-refractivity contribution in [1.82, 2.24) is 15.1 Å². The van der Waals surface area contributed by atoms with Crippen LogP contribution in [0.15, 0.2) is 0 Å². The fourth-order valence-corrected chi connectivity index (χ4v) is 4.84. The standard InChI is InChI=1S/C18H35N3/c1-3-9-19-16-13-17-4-5-18(14-16)21(17)12-8-15-6-10-20(2)11-7-15/h15-19H,3-14H2,1-2H3. The molecule has 3 rings (SSSR count). The van der Waals surface area contributed by atoms with Gasteiger partial charge in [-0.2, -0.15) is 0 Å². The van der Waals surface area contributed by atoms with E-state index in [0.29, 0.717) is 0 Å². The second-order valence-electron chi connectivity index (χ2n) is 7.78. The highest BCUT2D eigenvalue weighted by Crippen LogP contribution is 2.36. The highest BCUT2D eigenvalue weighted by Gasteiger charge is 2.40. The Hall–Kier alpha value is -0.120. The Bertz CT molecular complexity index is 298. The van der Waals surface area contributed by atoms with Gasteiger partial charge in [0.2, 0.25) is 0 Å². The van der Waals surface area contributed by atoms with Crippen molar-refractivity contribution in [3.05, 3.63) is 0 Å². The number of fused-ring (bicyclic) bond motifs is 2. The average molecular weight is 293 g/mol. The molecule has 3 aliphatic rings. The molecular weight excluding hydrogens is 258 g/mol. The third kappa shape index (κ3) is 4.00. The second-order valence-corrected chi connectivity index (χ2v) is 7.78. The molecule has 0 amide bonds. The average Bonchev–Trinajstić information content (AvgIpc) is 2.74. The van der Waals surface area contributed by atoms with E-state index in [1.54, 1.807) is 0 Å². The van der Waals surface area contributed by atoms with Gasteiger partial charge in [0.25, 0.3) is 0 Å². The number of rotatable bonds is 6. The smallest absolute Gasteiger partial charge is 0.0114 e. The molecule has 3 aliphatic heterocycles. The number of hydrogen-bond donors (Lipinski definition) is 1. The lowest BCUT2D eigenvalue weighted by atomic mass is 9.91. The van der Waals surface area contributed by atoms with Crippen LogP contribution in [0, 0.1) is 5.92 Å². The van der Waals surface area contributed by atoms with E-state index in [0.717, 1.165) is 24.0 Å². The van der Waals surface area contributed by atoms with Crippen LogP contribution in [-0.2, 0) is 0 Å². The van der Waals surface area contributed by atoms with E-state index in [9.17, 15) is 0 Å². The van der Waals surface area contributed by atoms with Gasteiger partial charge in [-0.05, 0) is 90.5 Å². The van der Waals surface area contributed by atoms with E-state index in [-0.39, 0.29) is 0 Å². The Morgan fingerprint density at radius 3 is 2.29 bits per heavy atom. The highest BCUT2D eigenvalue weighted by molar-refractivity contribution is 4.97. The maximum atomic E-state index is 3.77. The molecule has 2 atom stereocenters. The van der Waals surface area contributed by atoms with Gasteiger partial charge in [-0.1, -0.05) is 6.92 Å². The number of piperidine rings is 2. The molecule has 0 aliphatic carbocycles. The first kappa shape index (κ1) is 15.8. The first-order chi connectivity index (χ1) is 10.3. The van der Waals surface area contributed by atoms with Gasteiger partial charge >= 0.3 is 0 Å². The van der Waals surface area contributed by atoms with E-state index < -0.39 is 0 Å². The van der Waals surface area contributed by atoms with Gasteiger partial charge < -0.3 is 10.2 Å². The highest BCUT2D eigenvalue weighted by atomic mass is 15.2. The zero-order chi connectivity index (χ0) is 14.7. The van der Waals surface area contributed by atoms with Crippen molar-refractivity contribution in [2.75, 3.05) is 33.2 Å². The largest absolute Gasteiger partial charge is 0.314 e. The molecule has 122 valence electrons. The Balaban J connectivity index is 1.43. The lowest BCUT2D eigenvalue weighted by Gasteiger charge is -2.40. The van der Waals surface area contributed by atoms with Crippen LogP contribution in [0.25, 0.3) is 0 Å². The van der Waals surface area contributed by atoms with E-state index in [2.05, 4.69) is 29.1 Å². The minimum atomic E-state index is 0.807. The molecule has 21 heavy (non-hydrogen) atoms. The number of nitrogens with one attached hydrogen (secondary N) is 1. The Morgan fingerprint density at radius 1 is 1.00 bits per heavy atom. The van der Waals surface area contributed by atoms with Crippen LogP contribution in [0.1, 0.15) is 58.3 Å². The summed E-state index contributed by atoms with van der Waals surface area (Å²) in [5, 5.41) is 3.77. The Labute approximate surface area is 131 Å². The van der Waals surface area contributed by atoms with Crippen LogP contribution >= 0.6 is 0 Å². The zero-order valence-electron chi connectivity index (χ0n) is 14.2. The minimum absolute atomic E-state index is 0.807. The lowest BCUT2D eigenvalue weighted by molar-refractivity contribution is 0.101. The summed E-state index contributed by atoms with van der Waals surface area (Å²) in [4.78, 5) is 5.38. The van der Waals surface area contributed by atoms with Gasteiger partial charge in [-0.25, -0.2) is 0 Å². The molecule has 2 bridgehead atoms. The molecule has 3 saturated heterocycles. The Morgan fingerprint density at radius 2 is 1.67 bits per heavy atom. The third-order valence-corrected chi connectivity index (χ3v) is 6.20. The van der Waals surface area contributed by atoms with Crippen molar-refractivity contribution in [2.24, 2.45) is 5.92 Å². The Kier molecular flexibility index (Phi) is 5.58. The maximum absolute atomic E-state index is 3.77. The van der Waals surface area contributed by atoms with Crippen molar-refractivity contribution in [3.8, 4) is 0 Å². The van der Waals surface area contributed by atoms with Crippen molar-refractivity contribution < 1.29 is 0 Å². The van der Waals surface area contributed by atoms with Crippen LogP contribution in [0.4, 0.5) is 0 Å². The summed E-state index contributed by atoms with van der Waals surface area (Å²) in [7, 11) is 2.27. The number of hydrogen-bond acceptors (Lipinski definition) is 3. The molecular formula is C18H35N3. The second kappa shape index (κ2) is 7.43. The molecule has 0 aromatic rings. The van der Waals surface area contributed by atoms with Crippen molar-refractivity contribution >= 4 is 0 Å². The van der Waals surface area contributed by atoms with E-state index in [4.69, 9.17) is 0 Å². The van der Waals surface area contributed by atoms with Gasteiger partial charge in [0.15, 0.2) is 0 Å². The van der Waals surface area contributed by atoms with Gasteiger partial charge in [-0.3, -0.25) is 4.90 Å². The van der Waals surface area contributed by atoms with Crippen LogP contribution in [-0.4, -0.2) is 61.2 Å². The quantitative estimate of drug-likeness (QED) is 0.812. The minimum Gasteiger partial charge on any atom is -0.314 e. The topological polar surface area (TPSA) is 18.5 Å². The zero-order valence-corrected chi connectivity index (χ0v) is 14.2. The molecule has 0 radical (unpaired) electrons. The monoisotopic (exact) mass is 293 g/mol. The molecule has 0 spiro atoms. The van der Waals surface area contributed by atoms with Gasteiger partial charge in [0.1, 0.15) is 0 Å². The molecule has 3 fully saturated rings. The van der Waals surface area contributed by atoms with E-state index >= 15 is 0 Å². The SMILES string of the molecule is CCCNC1CC2CCC(C1)N2CCC1CCN(C)CC1. The molecule has 3 heterocycles. The van der Waals surface area contributed by atoms with Gasteiger partial charge in [0.05, 0.1) is 0 Å². The molecule has 0 aromatic carbocycles. The predicted octanol–water partition coefficient (Wildman–Crippen LogP) is 2.71. The summed E-state index contributed by atoms with van der Waals surface area (Å²) < 4.78 is 0. The van der Waals surface area contributed by atoms with Crippen LogP contribution in [0.5, 0.6) is 0 Å². The summed E-state index contributed by atoms with van der Waals surface area (Å²) in [6.07, 6.45) is 11.3. The molecule has 3 nitrogen and oxygen atoms in total. The van der Waals surface area contributed by atoms with Gasteiger partial charge in [-0.15, -0.1) is 0 Å². The van der Waals surface area contributed by atoms with Crippen molar-refractivity contribution in [2.45, 2.75) is 76.4 Å². The summed E-state index contributed by atoms with van der Waals surface area (Å²) in [6, 6.07) is 2.59.